The Kier molecular flexibility index (Phi) is 5.17. The number of halogens is 1. The average Bonchev–Trinajstić information content (AvgIpc) is 3.43. The maximum atomic E-state index is 6.70. The number of nitrogens with one attached hydrogen (secondary N) is 2. The van der Waals surface area contributed by atoms with Crippen LogP contribution in [0.15, 0.2) is 53.5 Å². The van der Waals surface area contributed by atoms with E-state index in [1.807, 2.05) is 24.5 Å². The predicted octanol–water partition coefficient (Wildman–Crippen LogP) is 6.71. The van der Waals surface area contributed by atoms with E-state index in [4.69, 9.17) is 11.6 Å². The molecule has 0 bridgehead atoms. The Bertz CT molecular complexity index is 1130. The molecule has 0 radical (unpaired) electrons. The molecule has 5 rings (SSSR count). The van der Waals surface area contributed by atoms with Gasteiger partial charge in [0.25, 0.3) is 0 Å². The van der Waals surface area contributed by atoms with E-state index in [0.29, 0.717) is 11.8 Å². The minimum atomic E-state index is 0.408. The summed E-state index contributed by atoms with van der Waals surface area (Å²) in [6.45, 7) is 4.54. The molecule has 3 nitrogen and oxygen atoms in total. The lowest BCUT2D eigenvalue weighted by Gasteiger charge is -2.28. The van der Waals surface area contributed by atoms with Crippen LogP contribution in [0.3, 0.4) is 0 Å². The molecule has 4 aromatic rings. The summed E-state index contributed by atoms with van der Waals surface area (Å²) < 4.78 is 0. The zero-order valence-electron chi connectivity index (χ0n) is 16.4. The zero-order valence-corrected chi connectivity index (χ0v) is 18.0. The maximum Gasteiger partial charge on any atom is 0.0506 e. The van der Waals surface area contributed by atoms with Gasteiger partial charge in [0, 0.05) is 51.6 Å². The third-order valence-corrected chi connectivity index (χ3v) is 7.18. The SMILES string of the molecule is CC(c1[nH]c2cccc(Cl)c2c1-c1cncc(-c2ccsc2)c1)C1CCCNC1. The number of hydrogen-bond acceptors (Lipinski definition) is 3. The Morgan fingerprint density at radius 1 is 1.17 bits per heavy atom. The second-order valence-corrected chi connectivity index (χ2v) is 9.13. The molecule has 5 heteroatoms. The van der Waals surface area contributed by atoms with Crippen molar-refractivity contribution in [2.45, 2.75) is 25.7 Å². The summed E-state index contributed by atoms with van der Waals surface area (Å²) in [7, 11) is 0. The van der Waals surface area contributed by atoms with E-state index in [-0.39, 0.29) is 0 Å². The van der Waals surface area contributed by atoms with Crippen LogP contribution in [0, 0.1) is 5.92 Å². The number of aromatic amines is 1. The molecule has 1 fully saturated rings. The number of aromatic nitrogens is 2. The summed E-state index contributed by atoms with van der Waals surface area (Å²) in [5.74, 6) is 1.02. The molecule has 1 saturated heterocycles. The molecule has 148 valence electrons. The number of benzene rings is 1. The Balaban J connectivity index is 1.69. The normalized spacial score (nSPS) is 18.2. The third-order valence-electron chi connectivity index (χ3n) is 6.18. The van der Waals surface area contributed by atoms with Crippen molar-refractivity contribution in [3.8, 4) is 22.3 Å². The van der Waals surface area contributed by atoms with Crippen molar-refractivity contribution in [2.75, 3.05) is 13.1 Å². The van der Waals surface area contributed by atoms with Crippen molar-refractivity contribution in [1.82, 2.24) is 15.3 Å². The van der Waals surface area contributed by atoms with Crippen LogP contribution in [-0.4, -0.2) is 23.1 Å². The van der Waals surface area contributed by atoms with Gasteiger partial charge in [0.1, 0.15) is 0 Å². The molecule has 29 heavy (non-hydrogen) atoms. The number of pyridine rings is 1. The van der Waals surface area contributed by atoms with Gasteiger partial charge in [0.15, 0.2) is 0 Å². The first kappa shape index (κ1) is 18.9. The van der Waals surface area contributed by atoms with E-state index in [0.717, 1.165) is 40.1 Å². The Labute approximate surface area is 180 Å². The summed E-state index contributed by atoms with van der Waals surface area (Å²) >= 11 is 8.41. The highest BCUT2D eigenvalue weighted by Gasteiger charge is 2.27. The molecule has 1 aromatic carbocycles. The van der Waals surface area contributed by atoms with Gasteiger partial charge in [0.05, 0.1) is 5.02 Å². The zero-order chi connectivity index (χ0) is 19.8. The molecule has 2 N–H and O–H groups in total. The van der Waals surface area contributed by atoms with Crippen molar-refractivity contribution in [3.63, 3.8) is 0 Å². The van der Waals surface area contributed by atoms with Crippen LogP contribution in [0.5, 0.6) is 0 Å². The van der Waals surface area contributed by atoms with Crippen LogP contribution in [0.25, 0.3) is 33.2 Å². The predicted molar refractivity (Wildman–Crippen MR) is 124 cm³/mol. The minimum absolute atomic E-state index is 0.408. The summed E-state index contributed by atoms with van der Waals surface area (Å²) in [5, 5.41) is 9.73. The third kappa shape index (κ3) is 3.50. The van der Waals surface area contributed by atoms with Crippen LogP contribution in [-0.2, 0) is 0 Å². The lowest BCUT2D eigenvalue weighted by molar-refractivity contribution is 0.332. The molecule has 0 saturated carbocycles. The van der Waals surface area contributed by atoms with Gasteiger partial charge in [-0.15, -0.1) is 0 Å². The van der Waals surface area contributed by atoms with E-state index < -0.39 is 0 Å². The highest BCUT2D eigenvalue weighted by molar-refractivity contribution is 7.08. The van der Waals surface area contributed by atoms with E-state index in [2.05, 4.69) is 51.2 Å². The second kappa shape index (κ2) is 7.94. The fourth-order valence-electron chi connectivity index (χ4n) is 4.57. The largest absolute Gasteiger partial charge is 0.358 e. The van der Waals surface area contributed by atoms with Crippen LogP contribution in [0.4, 0.5) is 0 Å². The molecule has 4 heterocycles. The number of piperidine rings is 1. The first-order valence-electron chi connectivity index (χ1n) is 10.2. The molecule has 1 aliphatic rings. The van der Waals surface area contributed by atoms with Gasteiger partial charge in [-0.3, -0.25) is 4.98 Å². The van der Waals surface area contributed by atoms with Gasteiger partial charge < -0.3 is 10.3 Å². The molecule has 0 aliphatic carbocycles. The van der Waals surface area contributed by atoms with E-state index in [1.54, 1.807) is 11.3 Å². The smallest absolute Gasteiger partial charge is 0.0506 e. The molecule has 2 unspecified atom stereocenters. The van der Waals surface area contributed by atoms with Crippen LogP contribution in [0.2, 0.25) is 5.02 Å². The second-order valence-electron chi connectivity index (χ2n) is 7.95. The van der Waals surface area contributed by atoms with Crippen molar-refractivity contribution < 1.29 is 0 Å². The topological polar surface area (TPSA) is 40.7 Å². The van der Waals surface area contributed by atoms with E-state index in [9.17, 15) is 0 Å². The van der Waals surface area contributed by atoms with Crippen LogP contribution < -0.4 is 5.32 Å². The number of rotatable bonds is 4. The van der Waals surface area contributed by atoms with Gasteiger partial charge in [0.2, 0.25) is 0 Å². The molecule has 2 atom stereocenters. The molecule has 0 spiro atoms. The van der Waals surface area contributed by atoms with E-state index >= 15 is 0 Å². The highest BCUT2D eigenvalue weighted by atomic mass is 35.5. The summed E-state index contributed by atoms with van der Waals surface area (Å²) in [6.07, 6.45) is 6.40. The summed E-state index contributed by atoms with van der Waals surface area (Å²) in [5.41, 5.74) is 7.04. The number of nitrogens with zero attached hydrogens (tertiary/aromatic N) is 1. The van der Waals surface area contributed by atoms with Gasteiger partial charge in [-0.05, 0) is 72.4 Å². The fraction of sp³-hybridized carbons (Fsp3) is 0.292. The lowest BCUT2D eigenvalue weighted by Crippen LogP contribution is -2.32. The molecular weight excluding hydrogens is 398 g/mol. The average molecular weight is 422 g/mol. The van der Waals surface area contributed by atoms with Crippen molar-refractivity contribution in [3.05, 3.63) is 64.2 Å². The maximum absolute atomic E-state index is 6.70. The summed E-state index contributed by atoms with van der Waals surface area (Å²) in [4.78, 5) is 8.30. The first-order chi connectivity index (χ1) is 14.2. The first-order valence-corrected chi connectivity index (χ1v) is 11.5. The number of fused-ring (bicyclic) bond motifs is 1. The summed E-state index contributed by atoms with van der Waals surface area (Å²) in [6, 6.07) is 10.5. The Morgan fingerprint density at radius 3 is 2.86 bits per heavy atom. The van der Waals surface area contributed by atoms with Crippen molar-refractivity contribution in [2.24, 2.45) is 5.92 Å². The lowest BCUT2D eigenvalue weighted by atomic mass is 9.83. The van der Waals surface area contributed by atoms with E-state index in [1.165, 1.54) is 29.7 Å². The van der Waals surface area contributed by atoms with Gasteiger partial charge >= 0.3 is 0 Å². The molecule has 1 aliphatic heterocycles. The fourth-order valence-corrected chi connectivity index (χ4v) is 5.50. The monoisotopic (exact) mass is 421 g/mol. The van der Waals surface area contributed by atoms with Gasteiger partial charge in [-0.1, -0.05) is 24.6 Å². The Morgan fingerprint density at radius 2 is 2.07 bits per heavy atom. The Hall–Kier alpha value is -2.14. The minimum Gasteiger partial charge on any atom is -0.358 e. The van der Waals surface area contributed by atoms with Crippen LogP contribution >= 0.6 is 22.9 Å². The quantitative estimate of drug-likeness (QED) is 0.384. The highest BCUT2D eigenvalue weighted by Crippen LogP contribution is 2.43. The number of H-pyrrole nitrogens is 1. The van der Waals surface area contributed by atoms with Crippen molar-refractivity contribution >= 4 is 33.8 Å². The van der Waals surface area contributed by atoms with Crippen molar-refractivity contribution in [1.29, 1.82) is 0 Å². The number of thiophene rings is 1. The van der Waals surface area contributed by atoms with Gasteiger partial charge in [-0.25, -0.2) is 0 Å². The molecule has 3 aromatic heterocycles. The molecule has 0 amide bonds. The van der Waals surface area contributed by atoms with Gasteiger partial charge in [-0.2, -0.15) is 11.3 Å². The van der Waals surface area contributed by atoms with Crippen LogP contribution in [0.1, 0.15) is 31.4 Å². The standard InChI is InChI=1S/C24H24ClN3S/c1-15(16-4-3-8-26-11-16)24-22(23-20(25)5-2-6-21(23)28-24)19-10-18(12-27-13-19)17-7-9-29-14-17/h2,5-7,9-10,12-16,26,28H,3-4,8,11H2,1H3. The number of hydrogen-bond donors (Lipinski definition) is 2. The molecular formula is C24H24ClN3S.